The molecule has 1 saturated heterocycles. The van der Waals surface area contributed by atoms with Crippen molar-refractivity contribution < 1.29 is 28.2 Å². The van der Waals surface area contributed by atoms with Gasteiger partial charge < -0.3 is 19.6 Å². The van der Waals surface area contributed by atoms with Crippen LogP contribution in [0, 0.1) is 0 Å². The summed E-state index contributed by atoms with van der Waals surface area (Å²) in [5.41, 5.74) is 0.612. The molecule has 0 aromatic heterocycles. The standard InChI is InChI=1S/C20H20F2N2O4/c21-20(22)28-17-8-4-2-6-15(17)19(27)24-11-9-23(10-12-24)18(26)13-14-5-1-3-7-16(14)25/h1-8,20,25H,9-13H2. The fraction of sp³-hybridized carbons (Fsp3) is 0.300. The number of carbonyl (C=O) groups is 2. The number of hydrogen-bond acceptors (Lipinski definition) is 4. The predicted octanol–water partition coefficient (Wildman–Crippen LogP) is 2.52. The van der Waals surface area contributed by atoms with Crippen molar-refractivity contribution >= 4 is 11.8 Å². The molecule has 0 unspecified atom stereocenters. The number of piperazine rings is 1. The number of ether oxygens (including phenoxy) is 1. The van der Waals surface area contributed by atoms with Crippen molar-refractivity contribution in [3.63, 3.8) is 0 Å². The van der Waals surface area contributed by atoms with Crippen LogP contribution in [-0.4, -0.2) is 59.5 Å². The molecule has 28 heavy (non-hydrogen) atoms. The second-order valence-electron chi connectivity index (χ2n) is 6.35. The Morgan fingerprint density at radius 2 is 1.57 bits per heavy atom. The Balaban J connectivity index is 1.60. The molecular formula is C20H20F2N2O4. The molecule has 2 aromatic carbocycles. The minimum atomic E-state index is -3.02. The van der Waals surface area contributed by atoms with Crippen LogP contribution in [0.1, 0.15) is 15.9 Å². The van der Waals surface area contributed by atoms with Gasteiger partial charge in [-0.1, -0.05) is 30.3 Å². The number of phenolic OH excluding ortho intramolecular Hbond substituents is 1. The third-order valence-corrected chi connectivity index (χ3v) is 4.59. The summed E-state index contributed by atoms with van der Waals surface area (Å²) in [7, 11) is 0. The average Bonchev–Trinajstić information content (AvgIpc) is 2.69. The van der Waals surface area contributed by atoms with Crippen LogP contribution in [0.4, 0.5) is 8.78 Å². The molecule has 8 heteroatoms. The van der Waals surface area contributed by atoms with Gasteiger partial charge in [-0.3, -0.25) is 9.59 Å². The van der Waals surface area contributed by atoms with Crippen molar-refractivity contribution in [1.29, 1.82) is 0 Å². The lowest BCUT2D eigenvalue weighted by atomic mass is 10.1. The molecule has 0 spiro atoms. The molecule has 0 bridgehead atoms. The zero-order valence-corrected chi connectivity index (χ0v) is 15.1. The highest BCUT2D eigenvalue weighted by atomic mass is 19.3. The minimum absolute atomic E-state index is 0.0665. The van der Waals surface area contributed by atoms with Crippen molar-refractivity contribution in [3.05, 3.63) is 59.7 Å². The molecule has 3 rings (SSSR count). The molecule has 0 saturated carbocycles. The van der Waals surface area contributed by atoms with Gasteiger partial charge >= 0.3 is 6.61 Å². The summed E-state index contributed by atoms with van der Waals surface area (Å²) in [6.45, 7) is -1.78. The molecule has 1 fully saturated rings. The Labute approximate surface area is 160 Å². The van der Waals surface area contributed by atoms with E-state index >= 15 is 0 Å². The third-order valence-electron chi connectivity index (χ3n) is 4.59. The smallest absolute Gasteiger partial charge is 0.387 e. The maximum absolute atomic E-state index is 12.7. The van der Waals surface area contributed by atoms with Crippen LogP contribution < -0.4 is 4.74 Å². The van der Waals surface area contributed by atoms with E-state index in [1.54, 1.807) is 29.2 Å². The second-order valence-corrected chi connectivity index (χ2v) is 6.35. The maximum atomic E-state index is 12.7. The van der Waals surface area contributed by atoms with Gasteiger partial charge in [0.2, 0.25) is 5.91 Å². The number of alkyl halides is 2. The van der Waals surface area contributed by atoms with Gasteiger partial charge in [-0.15, -0.1) is 0 Å². The quantitative estimate of drug-likeness (QED) is 0.852. The molecule has 0 radical (unpaired) electrons. The van der Waals surface area contributed by atoms with E-state index in [1.807, 2.05) is 0 Å². The van der Waals surface area contributed by atoms with Crippen LogP contribution in [0.5, 0.6) is 11.5 Å². The van der Waals surface area contributed by atoms with Gasteiger partial charge in [-0.05, 0) is 18.2 Å². The molecule has 2 amide bonds. The van der Waals surface area contributed by atoms with Crippen LogP contribution in [0.15, 0.2) is 48.5 Å². The van der Waals surface area contributed by atoms with Crippen molar-refractivity contribution in [3.8, 4) is 11.5 Å². The van der Waals surface area contributed by atoms with Crippen molar-refractivity contribution in [2.45, 2.75) is 13.0 Å². The van der Waals surface area contributed by atoms with Gasteiger partial charge in [0, 0.05) is 31.7 Å². The van der Waals surface area contributed by atoms with Crippen molar-refractivity contribution in [2.24, 2.45) is 0 Å². The van der Waals surface area contributed by atoms with E-state index in [4.69, 9.17) is 0 Å². The summed E-state index contributed by atoms with van der Waals surface area (Å²) in [5, 5.41) is 9.80. The number of para-hydroxylation sites is 2. The van der Waals surface area contributed by atoms with E-state index in [2.05, 4.69) is 4.74 Å². The van der Waals surface area contributed by atoms with Crippen LogP contribution in [0.25, 0.3) is 0 Å². The third kappa shape index (κ3) is 4.57. The van der Waals surface area contributed by atoms with Gasteiger partial charge in [0.25, 0.3) is 5.91 Å². The van der Waals surface area contributed by atoms with E-state index in [0.717, 1.165) is 0 Å². The number of hydrogen-bond donors (Lipinski definition) is 1. The van der Waals surface area contributed by atoms with Gasteiger partial charge in [-0.2, -0.15) is 8.78 Å². The summed E-state index contributed by atoms with van der Waals surface area (Å²) in [5.74, 6) is -0.653. The Morgan fingerprint density at radius 3 is 2.25 bits per heavy atom. The highest BCUT2D eigenvalue weighted by molar-refractivity contribution is 5.97. The second kappa shape index (κ2) is 8.69. The summed E-state index contributed by atoms with van der Waals surface area (Å²) in [6, 6.07) is 12.5. The lowest BCUT2D eigenvalue weighted by Gasteiger charge is -2.35. The molecule has 0 aliphatic carbocycles. The number of aromatic hydroxyl groups is 1. The highest BCUT2D eigenvalue weighted by Crippen LogP contribution is 2.23. The maximum Gasteiger partial charge on any atom is 0.387 e. The van der Waals surface area contributed by atoms with Crippen LogP contribution in [-0.2, 0) is 11.2 Å². The lowest BCUT2D eigenvalue weighted by Crippen LogP contribution is -2.51. The van der Waals surface area contributed by atoms with Crippen molar-refractivity contribution in [2.75, 3.05) is 26.2 Å². The Hall–Kier alpha value is -3.16. The molecule has 1 aliphatic heterocycles. The summed E-state index contributed by atoms with van der Waals surface area (Å²) >= 11 is 0. The van der Waals surface area contributed by atoms with Crippen molar-refractivity contribution in [1.82, 2.24) is 9.80 Å². The van der Waals surface area contributed by atoms with Crippen LogP contribution >= 0.6 is 0 Å². The van der Waals surface area contributed by atoms with Gasteiger partial charge in [0.05, 0.1) is 12.0 Å². The Morgan fingerprint density at radius 1 is 0.964 bits per heavy atom. The fourth-order valence-electron chi connectivity index (χ4n) is 3.11. The molecule has 0 atom stereocenters. The number of benzene rings is 2. The van der Waals surface area contributed by atoms with E-state index in [9.17, 15) is 23.5 Å². The summed E-state index contributed by atoms with van der Waals surface area (Å²) < 4.78 is 29.5. The summed E-state index contributed by atoms with van der Waals surface area (Å²) in [6.07, 6.45) is 0.0751. The number of halogens is 2. The Bertz CT molecular complexity index is 852. The molecule has 148 valence electrons. The monoisotopic (exact) mass is 390 g/mol. The number of amides is 2. The number of rotatable bonds is 5. The molecular weight excluding hydrogens is 370 g/mol. The largest absolute Gasteiger partial charge is 0.508 e. The minimum Gasteiger partial charge on any atom is -0.508 e. The molecule has 6 nitrogen and oxygen atoms in total. The number of phenols is 1. The SMILES string of the molecule is O=C(Cc1ccccc1O)N1CCN(C(=O)c2ccccc2OC(F)F)CC1. The number of carbonyl (C=O) groups excluding carboxylic acids is 2. The van der Waals surface area contributed by atoms with Crippen LogP contribution in [0.3, 0.4) is 0 Å². The lowest BCUT2D eigenvalue weighted by molar-refractivity contribution is -0.132. The first-order chi connectivity index (χ1) is 13.5. The molecule has 1 aliphatic rings. The zero-order valence-electron chi connectivity index (χ0n) is 15.1. The first kappa shape index (κ1) is 19.6. The summed E-state index contributed by atoms with van der Waals surface area (Å²) in [4.78, 5) is 28.3. The normalized spacial score (nSPS) is 14.2. The molecule has 1 N–H and O–H groups in total. The first-order valence-electron chi connectivity index (χ1n) is 8.83. The van der Waals surface area contributed by atoms with Gasteiger partial charge in [0.1, 0.15) is 11.5 Å². The average molecular weight is 390 g/mol. The van der Waals surface area contributed by atoms with E-state index in [1.165, 1.54) is 29.2 Å². The zero-order chi connectivity index (χ0) is 20.1. The number of nitrogens with zero attached hydrogens (tertiary/aromatic N) is 2. The Kier molecular flexibility index (Phi) is 6.08. The predicted molar refractivity (Wildman–Crippen MR) is 97.4 cm³/mol. The van der Waals surface area contributed by atoms with E-state index < -0.39 is 12.5 Å². The topological polar surface area (TPSA) is 70.1 Å². The fourth-order valence-corrected chi connectivity index (χ4v) is 3.11. The molecule has 1 heterocycles. The first-order valence-corrected chi connectivity index (χ1v) is 8.83. The van der Waals surface area contributed by atoms with Gasteiger partial charge in [0.15, 0.2) is 0 Å². The molecule has 2 aromatic rings. The van der Waals surface area contributed by atoms with E-state index in [0.29, 0.717) is 18.7 Å². The van der Waals surface area contributed by atoms with E-state index in [-0.39, 0.29) is 42.5 Å². The highest BCUT2D eigenvalue weighted by Gasteiger charge is 2.27. The van der Waals surface area contributed by atoms with Crippen LogP contribution in [0.2, 0.25) is 0 Å². The van der Waals surface area contributed by atoms with Gasteiger partial charge in [-0.25, -0.2) is 0 Å².